The number of hydrogen-bond donors (Lipinski definition) is 0. The molecule has 8 heteroatoms. The molecule has 3 fully saturated rings. The number of amides is 1. The third-order valence-corrected chi connectivity index (χ3v) is 9.38. The Labute approximate surface area is 221 Å². The minimum absolute atomic E-state index is 0.0731. The Bertz CT molecular complexity index is 1510. The maximum absolute atomic E-state index is 13.4. The van der Waals surface area contributed by atoms with Crippen molar-refractivity contribution in [1.29, 1.82) is 0 Å². The van der Waals surface area contributed by atoms with Crippen LogP contribution in [0.4, 0.5) is 0 Å². The smallest absolute Gasteiger partial charge is 0.254 e. The molecular weight excluding hydrogens is 484 g/mol. The van der Waals surface area contributed by atoms with Gasteiger partial charge in [0.15, 0.2) is 5.82 Å². The summed E-state index contributed by atoms with van der Waals surface area (Å²) >= 11 is 1.82. The summed E-state index contributed by atoms with van der Waals surface area (Å²) in [6, 6.07) is 6.16. The number of methoxy groups -OCH3 is 1. The number of rotatable bonds is 6. The zero-order chi connectivity index (χ0) is 25.3. The van der Waals surface area contributed by atoms with Crippen LogP contribution in [0.3, 0.4) is 0 Å². The maximum atomic E-state index is 13.4. The molecule has 194 valence electrons. The average molecular weight is 519 g/mol. The molecule has 7 nitrogen and oxygen atoms in total. The molecule has 0 radical (unpaired) electrons. The van der Waals surface area contributed by atoms with Crippen molar-refractivity contribution >= 4 is 38.5 Å². The van der Waals surface area contributed by atoms with Gasteiger partial charge in [-0.1, -0.05) is 6.92 Å². The Balaban J connectivity index is 1.35. The van der Waals surface area contributed by atoms with Gasteiger partial charge in [0.2, 0.25) is 0 Å². The molecule has 37 heavy (non-hydrogen) atoms. The van der Waals surface area contributed by atoms with Crippen LogP contribution in [0.5, 0.6) is 5.75 Å². The number of aromatic nitrogens is 3. The SMILES string of the molecule is COc1cc(C(=O)N2CCCC(C)C2)cc2nc(-c3cc4scc(C5COC5)c4n3CC3CC3)n(C)c12. The second-order valence-corrected chi connectivity index (χ2v) is 12.2. The van der Waals surface area contributed by atoms with E-state index >= 15 is 0 Å². The van der Waals surface area contributed by atoms with Gasteiger partial charge in [0.1, 0.15) is 11.3 Å². The first-order chi connectivity index (χ1) is 18.0. The molecule has 2 saturated heterocycles. The lowest BCUT2D eigenvalue weighted by Gasteiger charge is -2.31. The lowest BCUT2D eigenvalue weighted by molar-refractivity contribution is 0.00901. The van der Waals surface area contributed by atoms with Gasteiger partial charge in [-0.05, 0) is 66.7 Å². The van der Waals surface area contributed by atoms with E-state index in [1.165, 1.54) is 35.0 Å². The molecule has 0 bridgehead atoms. The van der Waals surface area contributed by atoms with Crippen LogP contribution in [0.1, 0.15) is 54.4 Å². The van der Waals surface area contributed by atoms with Gasteiger partial charge in [-0.2, -0.15) is 0 Å². The Kier molecular flexibility index (Phi) is 5.59. The summed E-state index contributed by atoms with van der Waals surface area (Å²) in [6.07, 6.45) is 4.83. The molecule has 3 aliphatic rings. The molecule has 1 unspecified atom stereocenters. The fourth-order valence-electron chi connectivity index (χ4n) is 6.11. The van der Waals surface area contributed by atoms with Crippen LogP contribution in [-0.4, -0.2) is 58.3 Å². The van der Waals surface area contributed by atoms with Crippen molar-refractivity contribution in [3.8, 4) is 17.3 Å². The molecule has 4 aromatic rings. The number of ether oxygens (including phenoxy) is 2. The highest BCUT2D eigenvalue weighted by atomic mass is 32.1. The Morgan fingerprint density at radius 2 is 2.03 bits per heavy atom. The highest BCUT2D eigenvalue weighted by Gasteiger charge is 2.31. The number of likely N-dealkylation sites (tertiary alicyclic amines) is 1. The van der Waals surface area contributed by atoms with Gasteiger partial charge in [-0.25, -0.2) is 4.98 Å². The van der Waals surface area contributed by atoms with E-state index in [4.69, 9.17) is 14.5 Å². The number of benzene rings is 1. The van der Waals surface area contributed by atoms with Crippen LogP contribution in [0, 0.1) is 11.8 Å². The molecule has 1 aromatic carbocycles. The van der Waals surface area contributed by atoms with E-state index in [0.717, 1.165) is 67.7 Å². The topological polar surface area (TPSA) is 61.5 Å². The fraction of sp³-hybridized carbons (Fsp3) is 0.517. The molecule has 0 spiro atoms. The van der Waals surface area contributed by atoms with Crippen molar-refractivity contribution < 1.29 is 14.3 Å². The first kappa shape index (κ1) is 23.3. The van der Waals surface area contributed by atoms with Crippen molar-refractivity contribution in [3.63, 3.8) is 0 Å². The predicted molar refractivity (Wildman–Crippen MR) is 147 cm³/mol. The van der Waals surface area contributed by atoms with E-state index in [-0.39, 0.29) is 5.91 Å². The van der Waals surface area contributed by atoms with Crippen molar-refractivity contribution in [2.45, 2.75) is 45.1 Å². The van der Waals surface area contributed by atoms with Crippen LogP contribution in [-0.2, 0) is 18.3 Å². The van der Waals surface area contributed by atoms with Crippen LogP contribution >= 0.6 is 11.3 Å². The van der Waals surface area contributed by atoms with E-state index < -0.39 is 0 Å². The number of thiophene rings is 1. The van der Waals surface area contributed by atoms with Gasteiger partial charge >= 0.3 is 0 Å². The van der Waals surface area contributed by atoms with Crippen LogP contribution in [0.15, 0.2) is 23.6 Å². The van der Waals surface area contributed by atoms with Gasteiger partial charge in [0.05, 0.1) is 41.8 Å². The highest BCUT2D eigenvalue weighted by molar-refractivity contribution is 7.17. The largest absolute Gasteiger partial charge is 0.494 e. The molecule has 2 aliphatic heterocycles. The molecule has 1 saturated carbocycles. The lowest BCUT2D eigenvalue weighted by atomic mass is 9.99. The number of imidazole rings is 1. The number of hydrogen-bond acceptors (Lipinski definition) is 5. The van der Waals surface area contributed by atoms with Crippen LogP contribution in [0.25, 0.3) is 32.8 Å². The number of carbonyl (C=O) groups excluding carboxylic acids is 1. The number of aryl methyl sites for hydroxylation is 1. The van der Waals surface area contributed by atoms with Crippen molar-refractivity contribution in [2.24, 2.45) is 18.9 Å². The molecule has 5 heterocycles. The van der Waals surface area contributed by atoms with Gasteiger partial charge in [-0.15, -0.1) is 11.3 Å². The van der Waals surface area contributed by atoms with E-state index in [1.54, 1.807) is 7.11 Å². The van der Waals surface area contributed by atoms with Gasteiger partial charge < -0.3 is 23.5 Å². The van der Waals surface area contributed by atoms with Crippen molar-refractivity contribution in [2.75, 3.05) is 33.4 Å². The van der Waals surface area contributed by atoms with E-state index in [1.807, 2.05) is 28.4 Å². The Morgan fingerprint density at radius 1 is 1.19 bits per heavy atom. The van der Waals surface area contributed by atoms with E-state index in [9.17, 15) is 4.79 Å². The third kappa shape index (κ3) is 3.87. The fourth-order valence-corrected chi connectivity index (χ4v) is 7.19. The molecule has 0 N–H and O–H groups in total. The summed E-state index contributed by atoms with van der Waals surface area (Å²) in [6.45, 7) is 6.49. The summed E-state index contributed by atoms with van der Waals surface area (Å²) in [5.41, 5.74) is 6.31. The zero-order valence-electron chi connectivity index (χ0n) is 21.8. The normalized spacial score (nSPS) is 20.6. The van der Waals surface area contributed by atoms with Gasteiger partial charge in [-0.3, -0.25) is 4.79 Å². The number of nitrogens with zero attached hydrogens (tertiary/aromatic N) is 4. The number of carbonyl (C=O) groups is 1. The summed E-state index contributed by atoms with van der Waals surface area (Å²) in [4.78, 5) is 20.6. The summed E-state index contributed by atoms with van der Waals surface area (Å²) < 4.78 is 17.3. The molecule has 1 atom stereocenters. The van der Waals surface area contributed by atoms with Crippen molar-refractivity contribution in [1.82, 2.24) is 19.0 Å². The summed E-state index contributed by atoms with van der Waals surface area (Å²) in [5, 5.41) is 2.32. The summed E-state index contributed by atoms with van der Waals surface area (Å²) in [7, 11) is 3.74. The third-order valence-electron chi connectivity index (χ3n) is 8.44. The molecule has 7 rings (SSSR count). The second kappa shape index (κ2) is 8.88. The standard InChI is InChI=1S/C29H34N4O3S/c1-17-5-4-8-32(12-17)29(34)19-9-22-27(24(10-19)35-3)31(2)28(30-22)23-11-25-26(33(23)13-18-6-7-18)21(16-37-25)20-14-36-15-20/h9-11,16-18,20H,4-8,12-15H2,1-3H3. The number of piperidine rings is 1. The van der Waals surface area contributed by atoms with Gasteiger partial charge in [0, 0.05) is 38.2 Å². The first-order valence-corrected chi connectivity index (χ1v) is 14.4. The van der Waals surface area contributed by atoms with Crippen molar-refractivity contribution in [3.05, 3.63) is 34.7 Å². The van der Waals surface area contributed by atoms with Gasteiger partial charge in [0.25, 0.3) is 5.91 Å². The first-order valence-electron chi connectivity index (χ1n) is 13.5. The lowest BCUT2D eigenvalue weighted by Crippen LogP contribution is -2.39. The molecule has 1 amide bonds. The summed E-state index contributed by atoms with van der Waals surface area (Å²) in [5.74, 6) is 3.45. The van der Waals surface area contributed by atoms with Crippen LogP contribution in [0.2, 0.25) is 0 Å². The maximum Gasteiger partial charge on any atom is 0.254 e. The second-order valence-electron chi connectivity index (χ2n) is 11.3. The van der Waals surface area contributed by atoms with E-state index in [0.29, 0.717) is 23.1 Å². The monoisotopic (exact) mass is 518 g/mol. The Morgan fingerprint density at radius 3 is 2.73 bits per heavy atom. The zero-order valence-corrected chi connectivity index (χ0v) is 22.6. The minimum atomic E-state index is 0.0731. The Hall–Kier alpha value is -2.84. The highest BCUT2D eigenvalue weighted by Crippen LogP contribution is 2.43. The molecule has 1 aliphatic carbocycles. The van der Waals surface area contributed by atoms with E-state index in [2.05, 4.69) is 34.6 Å². The average Bonchev–Trinajstić information content (AvgIpc) is 3.37. The molecule has 3 aromatic heterocycles. The predicted octanol–water partition coefficient (Wildman–Crippen LogP) is 5.66. The van der Waals surface area contributed by atoms with Crippen LogP contribution < -0.4 is 4.74 Å². The quantitative estimate of drug-likeness (QED) is 0.330. The molecular formula is C29H34N4O3S. The minimum Gasteiger partial charge on any atom is -0.494 e. The number of fused-ring (bicyclic) bond motifs is 2.